The molecule has 6 nitrogen and oxygen atoms in total. The van der Waals surface area contributed by atoms with E-state index in [1.807, 2.05) is 19.0 Å². The molecule has 0 saturated carbocycles. The Morgan fingerprint density at radius 3 is 2.80 bits per heavy atom. The molecule has 1 aromatic heterocycles. The second kappa shape index (κ2) is 6.58. The summed E-state index contributed by atoms with van der Waals surface area (Å²) in [6, 6.07) is 0.175. The number of thioether (sulfide) groups is 1. The van der Waals surface area contributed by atoms with Crippen LogP contribution in [0.2, 0.25) is 0 Å². The molecular weight excluding hydrogens is 272 g/mol. The number of anilines is 2. The number of nitrogens with zero attached hydrogens (tertiary/aromatic N) is 5. The van der Waals surface area contributed by atoms with Gasteiger partial charge in [-0.3, -0.25) is 4.90 Å². The van der Waals surface area contributed by atoms with E-state index in [4.69, 9.17) is 5.73 Å². The fourth-order valence-electron chi connectivity index (χ4n) is 2.29. The summed E-state index contributed by atoms with van der Waals surface area (Å²) in [6.45, 7) is 6.56. The molecule has 2 rings (SSSR count). The molecule has 2 heterocycles. The highest BCUT2D eigenvalue weighted by molar-refractivity contribution is 8.00. The van der Waals surface area contributed by atoms with Crippen LogP contribution < -0.4 is 10.6 Å². The van der Waals surface area contributed by atoms with E-state index in [-0.39, 0.29) is 6.04 Å². The Labute approximate surface area is 125 Å². The summed E-state index contributed by atoms with van der Waals surface area (Å²) < 4.78 is 0. The SMILES string of the molecule is CC[C@H]1CN([C@H](C)c2nc(N)nc(N(C)C)n2)CCS1. The Kier molecular flexibility index (Phi) is 5.04. The van der Waals surface area contributed by atoms with Gasteiger partial charge in [-0.15, -0.1) is 0 Å². The molecule has 1 aliphatic rings. The van der Waals surface area contributed by atoms with Crippen molar-refractivity contribution in [3.05, 3.63) is 5.82 Å². The first-order chi connectivity index (χ1) is 9.51. The molecule has 0 radical (unpaired) electrons. The molecule has 2 N–H and O–H groups in total. The van der Waals surface area contributed by atoms with Crippen molar-refractivity contribution in [2.45, 2.75) is 31.6 Å². The van der Waals surface area contributed by atoms with Crippen molar-refractivity contribution in [3.63, 3.8) is 0 Å². The lowest BCUT2D eigenvalue weighted by Crippen LogP contribution is -2.40. The highest BCUT2D eigenvalue weighted by atomic mass is 32.2. The summed E-state index contributed by atoms with van der Waals surface area (Å²) in [5.74, 6) is 2.86. The fourth-order valence-corrected chi connectivity index (χ4v) is 3.49. The zero-order valence-electron chi connectivity index (χ0n) is 12.7. The number of rotatable bonds is 4. The predicted molar refractivity (Wildman–Crippen MR) is 85.1 cm³/mol. The van der Waals surface area contributed by atoms with Crippen LogP contribution in [0.3, 0.4) is 0 Å². The van der Waals surface area contributed by atoms with E-state index in [1.54, 1.807) is 0 Å². The average molecular weight is 296 g/mol. The molecule has 1 saturated heterocycles. The van der Waals surface area contributed by atoms with Crippen LogP contribution in [-0.2, 0) is 0 Å². The molecule has 0 bridgehead atoms. The topological polar surface area (TPSA) is 71.2 Å². The van der Waals surface area contributed by atoms with Gasteiger partial charge in [0, 0.05) is 38.2 Å². The second-order valence-electron chi connectivity index (χ2n) is 5.32. The Bertz CT molecular complexity index is 452. The predicted octanol–water partition coefficient (Wildman–Crippen LogP) is 1.41. The monoisotopic (exact) mass is 296 g/mol. The zero-order chi connectivity index (χ0) is 14.7. The zero-order valence-corrected chi connectivity index (χ0v) is 13.5. The molecule has 0 aliphatic carbocycles. The summed E-state index contributed by atoms with van der Waals surface area (Å²) in [7, 11) is 3.82. The molecule has 112 valence electrons. The second-order valence-corrected chi connectivity index (χ2v) is 6.73. The maximum atomic E-state index is 5.81. The molecule has 0 aromatic carbocycles. The molecule has 20 heavy (non-hydrogen) atoms. The highest BCUT2D eigenvalue weighted by Crippen LogP contribution is 2.27. The normalized spacial score (nSPS) is 21.7. The van der Waals surface area contributed by atoms with Crippen molar-refractivity contribution in [1.29, 1.82) is 0 Å². The summed E-state index contributed by atoms with van der Waals surface area (Å²) >= 11 is 2.06. The van der Waals surface area contributed by atoms with Gasteiger partial charge in [0.1, 0.15) is 0 Å². The van der Waals surface area contributed by atoms with Crippen LogP contribution in [0.5, 0.6) is 0 Å². The molecule has 1 fully saturated rings. The minimum atomic E-state index is 0.175. The molecular formula is C13H24N6S. The lowest BCUT2D eigenvalue weighted by atomic mass is 10.2. The van der Waals surface area contributed by atoms with Crippen LogP contribution in [0.15, 0.2) is 0 Å². The van der Waals surface area contributed by atoms with Gasteiger partial charge < -0.3 is 10.6 Å². The smallest absolute Gasteiger partial charge is 0.229 e. The fraction of sp³-hybridized carbons (Fsp3) is 0.769. The van der Waals surface area contributed by atoms with Crippen LogP contribution >= 0.6 is 11.8 Å². The molecule has 0 spiro atoms. The van der Waals surface area contributed by atoms with Crippen LogP contribution in [0.4, 0.5) is 11.9 Å². The van der Waals surface area contributed by atoms with E-state index in [1.165, 1.54) is 12.2 Å². The Hall–Kier alpha value is -1.08. The van der Waals surface area contributed by atoms with Crippen LogP contribution in [-0.4, -0.2) is 58.0 Å². The van der Waals surface area contributed by atoms with Crippen molar-refractivity contribution in [3.8, 4) is 0 Å². The number of nitrogen functional groups attached to an aromatic ring is 1. The Morgan fingerprint density at radius 1 is 1.40 bits per heavy atom. The van der Waals surface area contributed by atoms with Gasteiger partial charge in [0.05, 0.1) is 6.04 Å². The average Bonchev–Trinajstić information content (AvgIpc) is 2.45. The quantitative estimate of drug-likeness (QED) is 0.900. The third-order valence-electron chi connectivity index (χ3n) is 3.61. The Balaban J connectivity index is 2.17. The summed E-state index contributed by atoms with van der Waals surface area (Å²) in [5, 5.41) is 0.707. The van der Waals surface area contributed by atoms with Crippen molar-refractivity contribution in [2.24, 2.45) is 0 Å². The summed E-state index contributed by atoms with van der Waals surface area (Å²) in [6.07, 6.45) is 1.20. The lowest BCUT2D eigenvalue weighted by Gasteiger charge is -2.35. The third-order valence-corrected chi connectivity index (χ3v) is 4.98. The van der Waals surface area contributed by atoms with E-state index in [0.29, 0.717) is 17.1 Å². The molecule has 0 unspecified atom stereocenters. The highest BCUT2D eigenvalue weighted by Gasteiger charge is 2.26. The van der Waals surface area contributed by atoms with Crippen molar-refractivity contribution >= 4 is 23.7 Å². The summed E-state index contributed by atoms with van der Waals surface area (Å²) in [4.78, 5) is 17.3. The minimum absolute atomic E-state index is 0.175. The molecule has 2 atom stereocenters. The molecule has 1 aliphatic heterocycles. The van der Waals surface area contributed by atoms with Crippen molar-refractivity contribution in [1.82, 2.24) is 19.9 Å². The van der Waals surface area contributed by atoms with Gasteiger partial charge in [0.25, 0.3) is 0 Å². The van der Waals surface area contributed by atoms with E-state index in [0.717, 1.165) is 18.9 Å². The van der Waals surface area contributed by atoms with Gasteiger partial charge in [-0.2, -0.15) is 26.7 Å². The van der Waals surface area contributed by atoms with E-state index < -0.39 is 0 Å². The number of nitrogens with two attached hydrogens (primary N) is 1. The van der Waals surface area contributed by atoms with Gasteiger partial charge in [0.15, 0.2) is 5.82 Å². The van der Waals surface area contributed by atoms with Gasteiger partial charge in [0.2, 0.25) is 11.9 Å². The van der Waals surface area contributed by atoms with Gasteiger partial charge in [-0.25, -0.2) is 0 Å². The van der Waals surface area contributed by atoms with Crippen LogP contribution in [0, 0.1) is 0 Å². The van der Waals surface area contributed by atoms with E-state index in [2.05, 4.69) is 45.5 Å². The van der Waals surface area contributed by atoms with Crippen LogP contribution in [0.25, 0.3) is 0 Å². The number of hydrogen-bond donors (Lipinski definition) is 1. The van der Waals surface area contributed by atoms with Crippen LogP contribution in [0.1, 0.15) is 32.1 Å². The Morgan fingerprint density at radius 2 is 2.15 bits per heavy atom. The standard InChI is InChI=1S/C13H24N6S/c1-5-10-8-19(6-7-20-10)9(2)11-15-12(14)17-13(16-11)18(3)4/h9-10H,5-8H2,1-4H3,(H2,14,15,16,17)/t9-,10+/m1/s1. The van der Waals surface area contributed by atoms with E-state index in [9.17, 15) is 0 Å². The maximum Gasteiger partial charge on any atom is 0.229 e. The number of aromatic nitrogens is 3. The van der Waals surface area contributed by atoms with Crippen molar-refractivity contribution < 1.29 is 0 Å². The van der Waals surface area contributed by atoms with Gasteiger partial charge in [-0.05, 0) is 13.3 Å². The largest absolute Gasteiger partial charge is 0.368 e. The summed E-state index contributed by atoms with van der Waals surface area (Å²) in [5.41, 5.74) is 5.81. The molecule has 0 amide bonds. The first kappa shape index (κ1) is 15.3. The van der Waals surface area contributed by atoms with E-state index >= 15 is 0 Å². The molecule has 1 aromatic rings. The molecule has 7 heteroatoms. The first-order valence-electron chi connectivity index (χ1n) is 7.05. The van der Waals surface area contributed by atoms with Gasteiger partial charge >= 0.3 is 0 Å². The number of hydrogen-bond acceptors (Lipinski definition) is 7. The first-order valence-corrected chi connectivity index (χ1v) is 8.10. The maximum absolute atomic E-state index is 5.81. The lowest BCUT2D eigenvalue weighted by molar-refractivity contribution is 0.209. The third kappa shape index (κ3) is 3.52. The minimum Gasteiger partial charge on any atom is -0.368 e. The van der Waals surface area contributed by atoms with Crippen molar-refractivity contribution in [2.75, 3.05) is 43.6 Å². The van der Waals surface area contributed by atoms with Gasteiger partial charge in [-0.1, -0.05) is 6.92 Å².